The number of hydrogen-bond donors (Lipinski definition) is 1. The fourth-order valence-corrected chi connectivity index (χ4v) is 2.28. The van der Waals surface area contributed by atoms with Crippen LogP contribution in [0.25, 0.3) is 0 Å². The van der Waals surface area contributed by atoms with Gasteiger partial charge in [0, 0.05) is 12.5 Å². The summed E-state index contributed by atoms with van der Waals surface area (Å²) < 4.78 is 11.3. The number of fused-ring (bicyclic) bond motifs is 2. The maximum atomic E-state index is 5.67. The summed E-state index contributed by atoms with van der Waals surface area (Å²) in [5.74, 6) is 0.592. The van der Waals surface area contributed by atoms with Gasteiger partial charge in [-0.25, -0.2) is 0 Å². The van der Waals surface area contributed by atoms with Gasteiger partial charge in [0.05, 0.1) is 18.8 Å². The van der Waals surface area contributed by atoms with Crippen LogP contribution in [0.3, 0.4) is 0 Å². The van der Waals surface area contributed by atoms with E-state index in [1.165, 1.54) is 6.42 Å². The minimum absolute atomic E-state index is 0.332. The number of hydrogen-bond acceptors (Lipinski definition) is 3. The van der Waals surface area contributed by atoms with E-state index in [0.717, 1.165) is 39.0 Å². The standard InChI is InChI=1S/C12H21NO2/c13-6-2-1-3-7-14-9-10-8-11-4-5-12(10)15-11/h4-5,10-12H,1-3,6-9,13H2. The SMILES string of the molecule is NCCCCCOCC1CC2C=CC1O2. The third-order valence-corrected chi connectivity index (χ3v) is 3.17. The molecule has 2 aliphatic heterocycles. The molecule has 2 rings (SSSR count). The number of ether oxygens (including phenoxy) is 2. The normalized spacial score (nSPS) is 32.7. The zero-order valence-electron chi connectivity index (χ0n) is 9.23. The van der Waals surface area contributed by atoms with Crippen LogP contribution in [0.2, 0.25) is 0 Å². The average molecular weight is 211 g/mol. The molecule has 0 aliphatic carbocycles. The topological polar surface area (TPSA) is 44.5 Å². The molecule has 2 bridgehead atoms. The van der Waals surface area contributed by atoms with Crippen LogP contribution in [0.4, 0.5) is 0 Å². The van der Waals surface area contributed by atoms with E-state index in [1.54, 1.807) is 0 Å². The van der Waals surface area contributed by atoms with Crippen molar-refractivity contribution in [2.75, 3.05) is 19.8 Å². The van der Waals surface area contributed by atoms with Gasteiger partial charge < -0.3 is 15.2 Å². The molecule has 0 amide bonds. The van der Waals surface area contributed by atoms with Crippen molar-refractivity contribution < 1.29 is 9.47 Å². The number of unbranched alkanes of at least 4 members (excludes halogenated alkanes) is 2. The van der Waals surface area contributed by atoms with Gasteiger partial charge in [-0.2, -0.15) is 0 Å². The van der Waals surface area contributed by atoms with Gasteiger partial charge in [0.15, 0.2) is 0 Å². The van der Waals surface area contributed by atoms with E-state index in [-0.39, 0.29) is 0 Å². The van der Waals surface area contributed by atoms with Gasteiger partial charge in [0.1, 0.15) is 0 Å². The summed E-state index contributed by atoms with van der Waals surface area (Å²) in [7, 11) is 0. The van der Waals surface area contributed by atoms with E-state index in [9.17, 15) is 0 Å². The maximum absolute atomic E-state index is 5.67. The van der Waals surface area contributed by atoms with Crippen LogP contribution in [-0.2, 0) is 9.47 Å². The largest absolute Gasteiger partial charge is 0.381 e. The summed E-state index contributed by atoms with van der Waals surface area (Å²) in [6.45, 7) is 2.52. The van der Waals surface area contributed by atoms with Crippen molar-refractivity contribution >= 4 is 0 Å². The van der Waals surface area contributed by atoms with Crippen LogP contribution in [0, 0.1) is 5.92 Å². The van der Waals surface area contributed by atoms with E-state index in [4.69, 9.17) is 15.2 Å². The Morgan fingerprint density at radius 2 is 2.20 bits per heavy atom. The lowest BCUT2D eigenvalue weighted by Gasteiger charge is -2.15. The molecule has 86 valence electrons. The molecule has 0 aromatic rings. The lowest BCUT2D eigenvalue weighted by atomic mass is 9.95. The lowest BCUT2D eigenvalue weighted by Crippen LogP contribution is -2.19. The summed E-state index contributed by atoms with van der Waals surface area (Å²) in [4.78, 5) is 0. The smallest absolute Gasteiger partial charge is 0.0816 e. The second-order valence-electron chi connectivity index (χ2n) is 4.44. The second kappa shape index (κ2) is 5.64. The lowest BCUT2D eigenvalue weighted by molar-refractivity contribution is 0.0613. The van der Waals surface area contributed by atoms with E-state index in [2.05, 4.69) is 12.2 Å². The van der Waals surface area contributed by atoms with Crippen molar-refractivity contribution in [3.05, 3.63) is 12.2 Å². The molecule has 0 saturated carbocycles. The third-order valence-electron chi connectivity index (χ3n) is 3.17. The molecule has 3 atom stereocenters. The Morgan fingerprint density at radius 1 is 1.27 bits per heavy atom. The van der Waals surface area contributed by atoms with Crippen molar-refractivity contribution in [2.45, 2.75) is 37.9 Å². The van der Waals surface area contributed by atoms with Crippen LogP contribution in [-0.4, -0.2) is 32.0 Å². The molecule has 1 saturated heterocycles. The van der Waals surface area contributed by atoms with Gasteiger partial charge in [0.25, 0.3) is 0 Å². The van der Waals surface area contributed by atoms with Crippen LogP contribution >= 0.6 is 0 Å². The summed E-state index contributed by atoms with van der Waals surface area (Å²) in [5.41, 5.74) is 5.42. The minimum Gasteiger partial charge on any atom is -0.381 e. The quantitative estimate of drug-likeness (QED) is 0.512. The maximum Gasteiger partial charge on any atom is 0.0816 e. The van der Waals surface area contributed by atoms with E-state index in [1.807, 2.05) is 0 Å². The van der Waals surface area contributed by atoms with E-state index < -0.39 is 0 Å². The molecule has 2 aliphatic rings. The molecule has 1 fully saturated rings. The molecule has 3 heteroatoms. The molecule has 15 heavy (non-hydrogen) atoms. The Labute approximate surface area is 91.6 Å². The highest BCUT2D eigenvalue weighted by Gasteiger charge is 2.36. The van der Waals surface area contributed by atoms with Crippen molar-refractivity contribution in [3.63, 3.8) is 0 Å². The highest BCUT2D eigenvalue weighted by atomic mass is 16.5. The molecule has 2 N–H and O–H groups in total. The highest BCUT2D eigenvalue weighted by molar-refractivity contribution is 5.10. The Kier molecular flexibility index (Phi) is 4.18. The summed E-state index contributed by atoms with van der Waals surface area (Å²) >= 11 is 0. The van der Waals surface area contributed by atoms with Gasteiger partial charge in [-0.3, -0.25) is 0 Å². The molecule has 0 aromatic heterocycles. The summed E-state index contributed by atoms with van der Waals surface area (Å²) in [6, 6.07) is 0. The molecule has 3 nitrogen and oxygen atoms in total. The van der Waals surface area contributed by atoms with Crippen molar-refractivity contribution in [1.82, 2.24) is 0 Å². The fraction of sp³-hybridized carbons (Fsp3) is 0.833. The first-order valence-electron chi connectivity index (χ1n) is 6.02. The first-order valence-corrected chi connectivity index (χ1v) is 6.02. The Bertz CT molecular complexity index is 218. The van der Waals surface area contributed by atoms with Crippen molar-refractivity contribution in [1.29, 1.82) is 0 Å². The molecular weight excluding hydrogens is 190 g/mol. The van der Waals surface area contributed by atoms with Gasteiger partial charge in [-0.05, 0) is 32.2 Å². The second-order valence-corrected chi connectivity index (χ2v) is 4.44. The number of nitrogens with two attached hydrogens (primary N) is 1. The predicted octanol–water partition coefficient (Wildman–Crippen LogP) is 1.48. The Morgan fingerprint density at radius 3 is 2.87 bits per heavy atom. The monoisotopic (exact) mass is 211 g/mol. The van der Waals surface area contributed by atoms with Crippen molar-refractivity contribution in [3.8, 4) is 0 Å². The van der Waals surface area contributed by atoms with Gasteiger partial charge in [-0.15, -0.1) is 0 Å². The van der Waals surface area contributed by atoms with E-state index >= 15 is 0 Å². The Balaban J connectivity index is 1.50. The summed E-state index contributed by atoms with van der Waals surface area (Å²) in [6.07, 6.45) is 9.63. The first kappa shape index (κ1) is 11.1. The van der Waals surface area contributed by atoms with Crippen molar-refractivity contribution in [2.24, 2.45) is 11.7 Å². The molecule has 0 aromatic carbocycles. The zero-order chi connectivity index (χ0) is 10.5. The molecule has 0 radical (unpaired) electrons. The number of rotatable bonds is 7. The molecule has 3 unspecified atom stereocenters. The van der Waals surface area contributed by atoms with Crippen LogP contribution < -0.4 is 5.73 Å². The van der Waals surface area contributed by atoms with Crippen LogP contribution in [0.1, 0.15) is 25.7 Å². The van der Waals surface area contributed by atoms with Gasteiger partial charge >= 0.3 is 0 Å². The third kappa shape index (κ3) is 3.03. The Hall–Kier alpha value is -0.380. The average Bonchev–Trinajstić information content (AvgIpc) is 2.85. The van der Waals surface area contributed by atoms with Crippen LogP contribution in [0.5, 0.6) is 0 Å². The molecule has 0 spiro atoms. The molecule has 2 heterocycles. The zero-order valence-corrected chi connectivity index (χ0v) is 9.23. The van der Waals surface area contributed by atoms with Gasteiger partial charge in [-0.1, -0.05) is 12.2 Å². The predicted molar refractivity (Wildman–Crippen MR) is 59.6 cm³/mol. The molecular formula is C12H21NO2. The highest BCUT2D eigenvalue weighted by Crippen LogP contribution is 2.33. The fourth-order valence-electron chi connectivity index (χ4n) is 2.28. The minimum atomic E-state index is 0.332. The summed E-state index contributed by atoms with van der Waals surface area (Å²) in [5, 5.41) is 0. The van der Waals surface area contributed by atoms with E-state index in [0.29, 0.717) is 18.1 Å². The first-order chi connectivity index (χ1) is 7.40. The van der Waals surface area contributed by atoms with Gasteiger partial charge in [0.2, 0.25) is 0 Å². The van der Waals surface area contributed by atoms with Crippen LogP contribution in [0.15, 0.2) is 12.2 Å².